The molecule has 2 N–H and O–H groups in total. The number of nitrogens with one attached hydrogen (secondary N) is 2. The van der Waals surface area contributed by atoms with Crippen molar-refractivity contribution in [1.29, 1.82) is 0 Å². The first-order valence-corrected chi connectivity index (χ1v) is 11.2. The lowest BCUT2D eigenvalue weighted by molar-refractivity contribution is 0.0646. The molecule has 1 unspecified atom stereocenters. The zero-order chi connectivity index (χ0) is 21.2. The van der Waals surface area contributed by atoms with Gasteiger partial charge in [0.2, 0.25) is 0 Å². The number of hydrogen-bond donors (Lipinski definition) is 2. The van der Waals surface area contributed by atoms with Crippen LogP contribution in [0.3, 0.4) is 0 Å². The summed E-state index contributed by atoms with van der Waals surface area (Å²) in [6.07, 6.45) is 7.37. The van der Waals surface area contributed by atoms with Crippen LogP contribution in [0.4, 0.5) is 0 Å². The molecule has 0 bridgehead atoms. The van der Waals surface area contributed by atoms with Crippen molar-refractivity contribution >= 4 is 29.9 Å². The van der Waals surface area contributed by atoms with Gasteiger partial charge in [0.1, 0.15) is 12.4 Å². The standard InChI is InChI=1S/C23H36N6O.HI/c1-18(20-11-6-4-7-12-20)30-16-10-15-24-23(26-21-13-8-5-9-14-21)25-17-22-28-27-19(2)29(22)3;/h4,6-7,11-12,18,21H,5,8-10,13-17H2,1-3H3,(H2,24,25,26);1H. The molecule has 1 saturated carbocycles. The van der Waals surface area contributed by atoms with Crippen molar-refractivity contribution in [3.05, 3.63) is 47.5 Å². The number of guanidine groups is 1. The van der Waals surface area contributed by atoms with Crippen LogP contribution in [-0.4, -0.2) is 39.9 Å². The summed E-state index contributed by atoms with van der Waals surface area (Å²) in [6.45, 7) is 6.10. The van der Waals surface area contributed by atoms with Crippen LogP contribution in [0.15, 0.2) is 35.3 Å². The largest absolute Gasteiger partial charge is 0.374 e. The zero-order valence-corrected chi connectivity index (χ0v) is 21.3. The van der Waals surface area contributed by atoms with Crippen molar-refractivity contribution in [2.75, 3.05) is 13.2 Å². The van der Waals surface area contributed by atoms with Gasteiger partial charge in [0.15, 0.2) is 11.8 Å². The van der Waals surface area contributed by atoms with Crippen molar-refractivity contribution in [1.82, 2.24) is 25.4 Å². The Bertz CT molecular complexity index is 789. The van der Waals surface area contributed by atoms with E-state index >= 15 is 0 Å². The van der Waals surface area contributed by atoms with Crippen molar-refractivity contribution in [3.8, 4) is 0 Å². The molecule has 1 atom stereocenters. The average Bonchev–Trinajstić information content (AvgIpc) is 3.10. The summed E-state index contributed by atoms with van der Waals surface area (Å²) >= 11 is 0. The molecule has 1 aliphatic rings. The van der Waals surface area contributed by atoms with Crippen LogP contribution in [0.5, 0.6) is 0 Å². The molecule has 1 aromatic carbocycles. The van der Waals surface area contributed by atoms with E-state index in [0.29, 0.717) is 19.2 Å². The third-order valence-corrected chi connectivity index (χ3v) is 5.76. The molecular formula is C23H37IN6O. The van der Waals surface area contributed by atoms with Crippen LogP contribution in [0.1, 0.15) is 68.8 Å². The summed E-state index contributed by atoms with van der Waals surface area (Å²) in [7, 11) is 1.98. The number of aliphatic imine (C=N–C) groups is 1. The smallest absolute Gasteiger partial charge is 0.191 e. The average molecular weight is 540 g/mol. The molecular weight excluding hydrogens is 503 g/mol. The second kappa shape index (κ2) is 13.7. The summed E-state index contributed by atoms with van der Waals surface area (Å²) < 4.78 is 7.97. The fourth-order valence-corrected chi connectivity index (χ4v) is 3.69. The molecule has 172 valence electrons. The van der Waals surface area contributed by atoms with Crippen LogP contribution in [0.25, 0.3) is 0 Å². The number of halogens is 1. The van der Waals surface area contributed by atoms with Gasteiger partial charge >= 0.3 is 0 Å². The number of rotatable bonds is 9. The molecule has 31 heavy (non-hydrogen) atoms. The molecule has 1 aromatic heterocycles. The van der Waals surface area contributed by atoms with Crippen molar-refractivity contribution in [3.63, 3.8) is 0 Å². The van der Waals surface area contributed by atoms with Crippen LogP contribution in [0.2, 0.25) is 0 Å². The third kappa shape index (κ3) is 8.40. The highest BCUT2D eigenvalue weighted by Gasteiger charge is 2.15. The van der Waals surface area contributed by atoms with Gasteiger partial charge in [-0.3, -0.25) is 0 Å². The maximum atomic E-state index is 5.99. The van der Waals surface area contributed by atoms with Crippen LogP contribution >= 0.6 is 24.0 Å². The Kier molecular flexibility index (Phi) is 11.3. The molecule has 3 rings (SSSR count). The minimum atomic E-state index is 0. The van der Waals surface area contributed by atoms with Gasteiger partial charge in [-0.2, -0.15) is 0 Å². The Morgan fingerprint density at radius 1 is 1.19 bits per heavy atom. The number of aromatic nitrogens is 3. The summed E-state index contributed by atoms with van der Waals surface area (Å²) in [6, 6.07) is 10.8. The molecule has 1 fully saturated rings. The molecule has 2 aromatic rings. The van der Waals surface area contributed by atoms with Gasteiger partial charge in [-0.15, -0.1) is 34.2 Å². The quantitative estimate of drug-likeness (QED) is 0.215. The van der Waals surface area contributed by atoms with E-state index in [-0.39, 0.29) is 30.1 Å². The lowest BCUT2D eigenvalue weighted by Crippen LogP contribution is -2.44. The van der Waals surface area contributed by atoms with Gasteiger partial charge in [-0.05, 0) is 38.7 Å². The van der Waals surface area contributed by atoms with E-state index in [2.05, 4.69) is 52.0 Å². The molecule has 7 nitrogen and oxygen atoms in total. The highest BCUT2D eigenvalue weighted by molar-refractivity contribution is 14.0. The zero-order valence-electron chi connectivity index (χ0n) is 19.0. The molecule has 1 heterocycles. The summed E-state index contributed by atoms with van der Waals surface area (Å²) in [5.41, 5.74) is 1.21. The molecule has 0 spiro atoms. The highest BCUT2D eigenvalue weighted by atomic mass is 127. The fourth-order valence-electron chi connectivity index (χ4n) is 3.69. The second-order valence-electron chi connectivity index (χ2n) is 8.07. The maximum absolute atomic E-state index is 5.99. The number of nitrogens with zero attached hydrogens (tertiary/aromatic N) is 4. The Hall–Kier alpha value is -1.68. The number of hydrogen-bond acceptors (Lipinski definition) is 4. The summed E-state index contributed by atoms with van der Waals surface area (Å²) in [4.78, 5) is 4.77. The van der Waals surface area contributed by atoms with E-state index in [9.17, 15) is 0 Å². The Morgan fingerprint density at radius 3 is 2.61 bits per heavy atom. The molecule has 1 aliphatic carbocycles. The Labute approximate surface area is 203 Å². The van der Waals surface area contributed by atoms with Gasteiger partial charge in [0, 0.05) is 26.2 Å². The molecule has 0 aliphatic heterocycles. The molecule has 8 heteroatoms. The van der Waals surface area contributed by atoms with E-state index in [1.54, 1.807) is 0 Å². The summed E-state index contributed by atoms with van der Waals surface area (Å²) in [5, 5.41) is 15.4. The van der Waals surface area contributed by atoms with Crippen molar-refractivity contribution < 1.29 is 4.74 Å². The minimum absolute atomic E-state index is 0. The first kappa shape index (κ1) is 25.6. The monoisotopic (exact) mass is 540 g/mol. The van der Waals surface area contributed by atoms with E-state index in [4.69, 9.17) is 9.73 Å². The Balaban J connectivity index is 0.00000341. The predicted octanol–water partition coefficient (Wildman–Crippen LogP) is 4.28. The topological polar surface area (TPSA) is 76.4 Å². The SMILES string of the molecule is Cc1nnc(CN=C(NCCCOC(C)c2ccccc2)NC2CCCCC2)n1C.I. The third-order valence-electron chi connectivity index (χ3n) is 5.76. The number of benzene rings is 1. The number of aryl methyl sites for hydroxylation is 1. The van der Waals surface area contributed by atoms with Crippen LogP contribution < -0.4 is 10.6 Å². The van der Waals surface area contributed by atoms with Crippen molar-refractivity contribution in [2.45, 2.75) is 71.1 Å². The van der Waals surface area contributed by atoms with E-state index < -0.39 is 0 Å². The normalized spacial score (nSPS) is 15.9. The van der Waals surface area contributed by atoms with E-state index in [1.807, 2.05) is 24.6 Å². The predicted molar refractivity (Wildman–Crippen MR) is 136 cm³/mol. The van der Waals surface area contributed by atoms with Crippen LogP contribution in [0, 0.1) is 6.92 Å². The second-order valence-corrected chi connectivity index (χ2v) is 8.07. The van der Waals surface area contributed by atoms with Crippen molar-refractivity contribution in [2.24, 2.45) is 12.0 Å². The van der Waals surface area contributed by atoms with Gasteiger partial charge in [-0.1, -0.05) is 49.6 Å². The maximum Gasteiger partial charge on any atom is 0.191 e. The van der Waals surface area contributed by atoms with Gasteiger partial charge in [0.05, 0.1) is 6.10 Å². The lowest BCUT2D eigenvalue weighted by Gasteiger charge is -2.25. The lowest BCUT2D eigenvalue weighted by atomic mass is 9.96. The van der Waals surface area contributed by atoms with Gasteiger partial charge in [-0.25, -0.2) is 4.99 Å². The van der Waals surface area contributed by atoms with E-state index in [0.717, 1.165) is 30.6 Å². The first-order valence-electron chi connectivity index (χ1n) is 11.2. The van der Waals surface area contributed by atoms with Gasteiger partial charge < -0.3 is 19.9 Å². The van der Waals surface area contributed by atoms with E-state index in [1.165, 1.54) is 37.7 Å². The fraction of sp³-hybridized carbons (Fsp3) is 0.609. The highest BCUT2D eigenvalue weighted by Crippen LogP contribution is 2.17. The number of ether oxygens (including phenoxy) is 1. The van der Waals surface area contributed by atoms with Gasteiger partial charge in [0.25, 0.3) is 0 Å². The Morgan fingerprint density at radius 2 is 1.94 bits per heavy atom. The van der Waals surface area contributed by atoms with Crippen LogP contribution in [-0.2, 0) is 18.3 Å². The molecule has 0 radical (unpaired) electrons. The molecule has 0 amide bonds. The summed E-state index contributed by atoms with van der Waals surface area (Å²) in [5.74, 6) is 2.63. The first-order chi connectivity index (χ1) is 14.6. The minimum Gasteiger partial charge on any atom is -0.374 e. The molecule has 0 saturated heterocycles.